The van der Waals surface area contributed by atoms with Gasteiger partial charge in [-0.2, -0.15) is 4.39 Å². The number of fused-ring (bicyclic) bond motifs is 1. The molecule has 2 nitrogen and oxygen atoms in total. The minimum atomic E-state index is -1.70. The van der Waals surface area contributed by atoms with Crippen molar-refractivity contribution in [2.75, 3.05) is 0 Å². The highest BCUT2D eigenvalue weighted by atomic mass is 19.2. The van der Waals surface area contributed by atoms with Crippen LogP contribution in [-0.4, -0.2) is 4.79 Å². The summed E-state index contributed by atoms with van der Waals surface area (Å²) < 4.78 is 38.9. The Hall–Kier alpha value is -1.78. The lowest BCUT2D eigenvalue weighted by molar-refractivity contribution is 0.350. The van der Waals surface area contributed by atoms with Gasteiger partial charge in [0.25, 0.3) is 0 Å². The summed E-state index contributed by atoms with van der Waals surface area (Å²) in [6, 6.07) is 5.24. The molecular weight excluding hydrogens is 195 g/mol. The monoisotopic (exact) mass is 199 g/mol. The summed E-state index contributed by atoms with van der Waals surface area (Å²) in [6.07, 6.45) is 0. The Kier molecular flexibility index (Phi) is 1.80. The van der Waals surface area contributed by atoms with Gasteiger partial charge in [0, 0.05) is 5.39 Å². The van der Waals surface area contributed by atoms with Crippen LogP contribution in [0.15, 0.2) is 29.1 Å². The van der Waals surface area contributed by atoms with E-state index in [9.17, 15) is 18.1 Å². The van der Waals surface area contributed by atoms with Gasteiger partial charge in [0.2, 0.25) is 5.82 Å². The molecule has 0 spiro atoms. The zero-order valence-corrected chi connectivity index (χ0v) is 6.80. The molecule has 14 heavy (non-hydrogen) atoms. The second-order valence-electron chi connectivity index (χ2n) is 2.73. The normalized spacial score (nSPS) is 10.8. The number of halogens is 3. The molecule has 0 atom stereocenters. The van der Waals surface area contributed by atoms with Crippen LogP contribution in [0.25, 0.3) is 10.9 Å². The number of benzene rings is 1. The molecular formula is C9H4F3NO. The third kappa shape index (κ3) is 1.02. The minimum absolute atomic E-state index is 0.257. The van der Waals surface area contributed by atoms with Crippen LogP contribution in [0.4, 0.5) is 13.3 Å². The first kappa shape index (κ1) is 8.80. The van der Waals surface area contributed by atoms with Gasteiger partial charge in [-0.3, -0.25) is 4.79 Å². The molecule has 0 aliphatic rings. The molecule has 0 N–H and O–H groups in total. The maximum Gasteiger partial charge on any atom is 0.318 e. The zero-order valence-electron chi connectivity index (χ0n) is 6.80. The van der Waals surface area contributed by atoms with E-state index < -0.39 is 22.0 Å². The maximum atomic E-state index is 13.1. The molecule has 2 aromatic rings. The Balaban J connectivity index is 3.10. The van der Waals surface area contributed by atoms with E-state index >= 15 is 0 Å². The minimum Gasteiger partial charge on any atom is -0.263 e. The van der Waals surface area contributed by atoms with Crippen LogP contribution in [0.3, 0.4) is 0 Å². The number of rotatable bonds is 0. The summed E-state index contributed by atoms with van der Waals surface area (Å²) in [5, 5.41) is -0.257. The fourth-order valence-corrected chi connectivity index (χ4v) is 1.24. The van der Waals surface area contributed by atoms with Crippen LogP contribution < -0.4 is 5.56 Å². The molecule has 0 aliphatic carbocycles. The second-order valence-corrected chi connectivity index (χ2v) is 2.73. The molecule has 1 aromatic heterocycles. The van der Waals surface area contributed by atoms with E-state index in [2.05, 4.69) is 0 Å². The maximum absolute atomic E-state index is 13.1. The molecule has 0 fully saturated rings. The first-order valence-corrected chi connectivity index (χ1v) is 3.78. The smallest absolute Gasteiger partial charge is 0.263 e. The number of para-hydroxylation sites is 1. The van der Waals surface area contributed by atoms with E-state index in [0.717, 1.165) is 0 Å². The Morgan fingerprint density at radius 1 is 1.07 bits per heavy atom. The Morgan fingerprint density at radius 2 is 1.71 bits per heavy atom. The molecule has 0 aliphatic heterocycles. The third-order valence-electron chi connectivity index (χ3n) is 1.91. The Labute approximate surface area is 76.1 Å². The summed E-state index contributed by atoms with van der Waals surface area (Å²) in [6.45, 7) is 0. The van der Waals surface area contributed by atoms with Crippen molar-refractivity contribution < 1.29 is 13.3 Å². The van der Waals surface area contributed by atoms with E-state index in [1.165, 1.54) is 24.3 Å². The molecule has 1 heterocycles. The van der Waals surface area contributed by atoms with Gasteiger partial charge >= 0.3 is 5.56 Å². The van der Waals surface area contributed by atoms with Crippen molar-refractivity contribution in [1.29, 1.82) is 0 Å². The van der Waals surface area contributed by atoms with Crippen LogP contribution in [-0.2, 0) is 0 Å². The van der Waals surface area contributed by atoms with Crippen LogP contribution in [0.1, 0.15) is 0 Å². The van der Waals surface area contributed by atoms with Gasteiger partial charge in [-0.1, -0.05) is 16.6 Å². The largest absolute Gasteiger partial charge is 0.318 e. The fourth-order valence-electron chi connectivity index (χ4n) is 1.24. The summed E-state index contributed by atoms with van der Waals surface area (Å²) >= 11 is 0. The predicted molar refractivity (Wildman–Crippen MR) is 44.6 cm³/mol. The standard InChI is InChI=1S/C9H4F3NO/c10-7-5-3-1-2-4-6(5)13(12)9(14)8(7)11/h1-4H. The van der Waals surface area contributed by atoms with Gasteiger partial charge in [-0.25, -0.2) is 4.39 Å². The van der Waals surface area contributed by atoms with Gasteiger partial charge in [-0.15, -0.1) is 4.79 Å². The molecule has 5 heteroatoms. The van der Waals surface area contributed by atoms with E-state index in [1.54, 1.807) is 0 Å². The SMILES string of the molecule is O=c1c(F)c(F)c2ccccc2n1F. The molecule has 72 valence electrons. The highest BCUT2D eigenvalue weighted by Gasteiger charge is 2.15. The second kappa shape index (κ2) is 2.87. The average molecular weight is 199 g/mol. The van der Waals surface area contributed by atoms with Crippen LogP contribution >= 0.6 is 0 Å². The van der Waals surface area contributed by atoms with Crippen LogP contribution in [0, 0.1) is 11.6 Å². The van der Waals surface area contributed by atoms with Crippen molar-refractivity contribution in [1.82, 2.24) is 4.79 Å². The lowest BCUT2D eigenvalue weighted by atomic mass is 10.2. The van der Waals surface area contributed by atoms with Crippen molar-refractivity contribution >= 4 is 10.9 Å². The molecule has 0 unspecified atom stereocenters. The van der Waals surface area contributed by atoms with Crippen molar-refractivity contribution in [3.63, 3.8) is 0 Å². The van der Waals surface area contributed by atoms with Gasteiger partial charge < -0.3 is 0 Å². The highest BCUT2D eigenvalue weighted by Crippen LogP contribution is 2.17. The summed E-state index contributed by atoms with van der Waals surface area (Å²) in [7, 11) is 0. The lowest BCUT2D eigenvalue weighted by Gasteiger charge is -2.01. The van der Waals surface area contributed by atoms with Crippen molar-refractivity contribution in [2.45, 2.75) is 0 Å². The number of aromatic nitrogens is 1. The summed E-state index contributed by atoms with van der Waals surface area (Å²) in [5.41, 5.74) is -1.89. The van der Waals surface area contributed by atoms with E-state index in [1.807, 2.05) is 0 Å². The quantitative estimate of drug-likeness (QED) is 0.636. The van der Waals surface area contributed by atoms with E-state index in [-0.39, 0.29) is 10.9 Å². The summed E-state index contributed by atoms with van der Waals surface area (Å²) in [4.78, 5) is 10.4. The van der Waals surface area contributed by atoms with Gasteiger partial charge in [-0.05, 0) is 12.1 Å². The molecule has 0 saturated carbocycles. The predicted octanol–water partition coefficient (Wildman–Crippen LogP) is 2.01. The van der Waals surface area contributed by atoms with Crippen molar-refractivity contribution in [3.05, 3.63) is 46.3 Å². The first-order chi connectivity index (χ1) is 6.63. The first-order valence-electron chi connectivity index (χ1n) is 3.78. The number of nitrogens with zero attached hydrogens (tertiary/aromatic N) is 1. The fraction of sp³-hybridized carbons (Fsp3) is 0. The topological polar surface area (TPSA) is 22.0 Å². The van der Waals surface area contributed by atoms with Gasteiger partial charge in [0.15, 0.2) is 5.82 Å². The molecule has 2 rings (SSSR count). The van der Waals surface area contributed by atoms with Crippen molar-refractivity contribution in [2.24, 2.45) is 0 Å². The zero-order chi connectivity index (χ0) is 10.3. The molecule has 0 saturated heterocycles. The number of hydrogen-bond donors (Lipinski definition) is 0. The number of hydrogen-bond acceptors (Lipinski definition) is 1. The van der Waals surface area contributed by atoms with Gasteiger partial charge in [0.05, 0.1) is 5.52 Å². The lowest BCUT2D eigenvalue weighted by Crippen LogP contribution is -2.19. The van der Waals surface area contributed by atoms with Crippen LogP contribution in [0.2, 0.25) is 0 Å². The molecule has 0 radical (unpaired) electrons. The Morgan fingerprint density at radius 3 is 2.43 bits per heavy atom. The molecule has 1 aromatic carbocycles. The molecule has 0 bridgehead atoms. The van der Waals surface area contributed by atoms with Gasteiger partial charge in [0.1, 0.15) is 0 Å². The Bertz CT molecular complexity index is 562. The van der Waals surface area contributed by atoms with E-state index in [0.29, 0.717) is 0 Å². The van der Waals surface area contributed by atoms with Crippen molar-refractivity contribution in [3.8, 4) is 0 Å². The summed E-state index contributed by atoms with van der Waals surface area (Å²) in [5.74, 6) is -3.02. The molecule has 0 amide bonds. The average Bonchev–Trinajstić information content (AvgIpc) is 2.23. The highest BCUT2D eigenvalue weighted by molar-refractivity contribution is 5.79. The van der Waals surface area contributed by atoms with Crippen LogP contribution in [0.5, 0.6) is 0 Å². The van der Waals surface area contributed by atoms with E-state index in [4.69, 9.17) is 0 Å². The third-order valence-corrected chi connectivity index (χ3v) is 1.91. The number of pyridine rings is 1.